The molecule has 376 valence electrons. The van der Waals surface area contributed by atoms with E-state index in [0.717, 1.165) is 13.8 Å². The third-order valence-corrected chi connectivity index (χ3v) is 13.7. The molecule has 1 saturated heterocycles. The number of ether oxygens (including phenoxy) is 8. The van der Waals surface area contributed by atoms with Crippen molar-refractivity contribution in [3.05, 3.63) is 82.9 Å². The zero-order valence-electron chi connectivity index (χ0n) is 39.3. The average Bonchev–Trinajstić information content (AvgIpc) is 3.24. The lowest BCUT2D eigenvalue weighted by molar-refractivity contribution is -0.341. The van der Waals surface area contributed by atoms with Crippen molar-refractivity contribution in [1.29, 1.82) is 0 Å². The lowest BCUT2D eigenvalue weighted by Gasteiger charge is -2.67. The van der Waals surface area contributed by atoms with Crippen LogP contribution in [0.3, 0.4) is 0 Å². The molecule has 5 unspecified atom stereocenters. The molecule has 2 N–H and O–H groups in total. The van der Waals surface area contributed by atoms with Gasteiger partial charge in [0, 0.05) is 32.1 Å². The first-order chi connectivity index (χ1) is 32.0. The van der Waals surface area contributed by atoms with E-state index >= 15 is 9.18 Å². The number of esters is 4. The summed E-state index contributed by atoms with van der Waals surface area (Å²) < 4.78 is 61.5. The highest BCUT2D eigenvalue weighted by molar-refractivity contribution is 6.67. The molecule has 11 atom stereocenters. The van der Waals surface area contributed by atoms with E-state index in [-0.39, 0.29) is 22.3 Å². The molecule has 2 aromatic rings. The van der Waals surface area contributed by atoms with Gasteiger partial charge < -0.3 is 48.3 Å². The molecule has 0 radical (unpaired) electrons. The highest BCUT2D eigenvalue weighted by atomic mass is 35.6. The second-order valence-corrected chi connectivity index (χ2v) is 21.9. The number of carbonyl (C=O) groups is 7. The third-order valence-electron chi connectivity index (χ3n) is 13.3. The van der Waals surface area contributed by atoms with Crippen LogP contribution in [0, 0.1) is 16.7 Å². The Balaban J connectivity index is 1.57. The van der Waals surface area contributed by atoms with Gasteiger partial charge in [-0.2, -0.15) is 0 Å². The molecule has 2 bridgehead atoms. The number of alkyl halides is 4. The quantitative estimate of drug-likeness (QED) is 0.0972. The van der Waals surface area contributed by atoms with Gasteiger partial charge in [0.15, 0.2) is 17.5 Å². The molecule has 2 aromatic carbocycles. The molecule has 0 spiro atoms. The molecule has 1 amide bonds. The zero-order valence-corrected chi connectivity index (χ0v) is 41.6. The minimum Gasteiger partial charge on any atom is -0.455 e. The van der Waals surface area contributed by atoms with Crippen LogP contribution in [-0.4, -0.2) is 118 Å². The van der Waals surface area contributed by atoms with Gasteiger partial charge in [0.1, 0.15) is 48.3 Å². The Kier molecular flexibility index (Phi) is 15.2. The van der Waals surface area contributed by atoms with E-state index in [9.17, 15) is 33.9 Å². The van der Waals surface area contributed by atoms with Crippen LogP contribution in [0.25, 0.3) is 0 Å². The van der Waals surface area contributed by atoms with Gasteiger partial charge in [-0.15, -0.1) is 0 Å². The van der Waals surface area contributed by atoms with Crippen molar-refractivity contribution in [2.45, 2.75) is 138 Å². The summed E-state index contributed by atoms with van der Waals surface area (Å²) >= 11 is 17.5. The first-order valence-electron chi connectivity index (χ1n) is 22.0. The van der Waals surface area contributed by atoms with Crippen LogP contribution in [0.5, 0.6) is 0 Å². The predicted octanol–water partition coefficient (Wildman–Crippen LogP) is 7.34. The minimum absolute atomic E-state index is 0.0147. The van der Waals surface area contributed by atoms with E-state index in [4.69, 9.17) is 72.7 Å². The normalized spacial score (nSPS) is 30.2. The summed E-state index contributed by atoms with van der Waals surface area (Å²) in [5.74, 6) is -7.10. The number of aliphatic hydroxyl groups is 1. The summed E-state index contributed by atoms with van der Waals surface area (Å²) in [5.41, 5.74) is -9.68. The van der Waals surface area contributed by atoms with Crippen molar-refractivity contribution >= 4 is 76.7 Å². The molecule has 3 aliphatic carbocycles. The summed E-state index contributed by atoms with van der Waals surface area (Å²) in [6.07, 6.45) is -15.0. The van der Waals surface area contributed by atoms with Gasteiger partial charge in [-0.05, 0) is 63.5 Å². The van der Waals surface area contributed by atoms with Crippen LogP contribution in [0.15, 0.2) is 71.8 Å². The maximum Gasteiger partial charge on any atom is 0.509 e. The van der Waals surface area contributed by atoms with Crippen molar-refractivity contribution in [2.75, 3.05) is 13.2 Å². The summed E-state index contributed by atoms with van der Waals surface area (Å²) in [5, 5.41) is 16.4. The summed E-state index contributed by atoms with van der Waals surface area (Å²) in [4.78, 5) is 97.9. The Hall–Kier alpha value is -5.01. The molecule has 69 heavy (non-hydrogen) atoms. The van der Waals surface area contributed by atoms with Crippen LogP contribution < -0.4 is 5.32 Å². The van der Waals surface area contributed by atoms with Gasteiger partial charge in [0.25, 0.3) is 0 Å². The Morgan fingerprint density at radius 2 is 1.52 bits per heavy atom. The number of hydrogen-bond acceptors (Lipinski definition) is 16. The first kappa shape index (κ1) is 53.3. The molecule has 1 aliphatic heterocycles. The van der Waals surface area contributed by atoms with Crippen LogP contribution in [0.1, 0.15) is 97.1 Å². The Bertz CT molecular complexity index is 2370. The van der Waals surface area contributed by atoms with E-state index in [0.29, 0.717) is 0 Å². The number of Topliss-reactive ketones (excluding diaryl/α,β-unsaturated/α-hetero) is 1. The maximum atomic E-state index is 17.3. The number of nitrogens with one attached hydrogen (secondary N) is 1. The predicted molar refractivity (Wildman–Crippen MR) is 243 cm³/mol. The standard InChI is InChI=1S/C48H55Cl3FNO16/c1-24-29(65-40(58)35(66-42(60)63-23-48(49,50)51)33(27-16-12-10-13-17-27)53-41(59)69-43(4,5)6)21-47(61)38(67-39(57)28-18-14-11-15-19-28)36-45(9,30(52)20-31-46(36,22-62-31)68-26(3)55)37(56)34(64-25(2)54)32(24)44(47,7)8/h10-19,29-31,33-36,38,61H,20-23H2,1-9H3,(H,53,59)/t29?,30?,31?,33-,34+,35?,36?,38-,45+,46-,47+/m0/s1. The van der Waals surface area contributed by atoms with Crippen molar-refractivity contribution in [3.63, 3.8) is 0 Å². The number of ketones is 1. The average molecular weight is 1030 g/mol. The fourth-order valence-electron chi connectivity index (χ4n) is 10.1. The lowest BCUT2D eigenvalue weighted by Crippen LogP contribution is -2.81. The molecule has 3 fully saturated rings. The number of carbonyl (C=O) groups excluding carboxylic acids is 7. The smallest absolute Gasteiger partial charge is 0.455 e. The van der Waals surface area contributed by atoms with Crippen LogP contribution >= 0.6 is 34.8 Å². The first-order valence-corrected chi connectivity index (χ1v) is 23.1. The second-order valence-electron chi connectivity index (χ2n) is 19.4. The van der Waals surface area contributed by atoms with Crippen molar-refractivity contribution < 1.29 is 81.0 Å². The molecular weight excluding hydrogens is 972 g/mol. The molecule has 17 nitrogen and oxygen atoms in total. The highest BCUT2D eigenvalue weighted by Crippen LogP contribution is 2.65. The molecule has 6 rings (SSSR count). The van der Waals surface area contributed by atoms with Crippen LogP contribution in [0.2, 0.25) is 0 Å². The Morgan fingerprint density at radius 3 is 2.06 bits per heavy atom. The SMILES string of the molecule is CC(=O)O[C@H]1C(=O)[C@]2(C)C(F)CC3OC[C@@]3(OC(C)=O)C2[C@H](OC(=O)c2ccccc2)[C@]2(O)CC(OC(=O)C(OC(=O)OCC(Cl)(Cl)Cl)[C@@H](NC(=O)OC(C)(C)C)c3ccccc3)C(C)=C1C2(C)C. The van der Waals surface area contributed by atoms with Crippen LogP contribution in [0.4, 0.5) is 14.0 Å². The molecule has 0 aromatic heterocycles. The highest BCUT2D eigenvalue weighted by Gasteiger charge is 2.79. The molecule has 1 heterocycles. The largest absolute Gasteiger partial charge is 0.509 e. The van der Waals surface area contributed by atoms with Gasteiger partial charge in [0.2, 0.25) is 9.90 Å². The fraction of sp³-hybridized carbons (Fsp3) is 0.562. The summed E-state index contributed by atoms with van der Waals surface area (Å²) in [6, 6.07) is 13.7. The van der Waals surface area contributed by atoms with Crippen molar-refractivity contribution in [2.24, 2.45) is 16.7 Å². The van der Waals surface area contributed by atoms with Gasteiger partial charge in [-0.25, -0.2) is 23.6 Å². The van der Waals surface area contributed by atoms with Gasteiger partial charge in [-0.3, -0.25) is 14.4 Å². The number of amides is 1. The van der Waals surface area contributed by atoms with Gasteiger partial charge in [-0.1, -0.05) is 97.2 Å². The number of hydrogen-bond donors (Lipinski definition) is 2. The second kappa shape index (κ2) is 19.6. The Morgan fingerprint density at radius 1 is 0.913 bits per heavy atom. The topological polar surface area (TPSA) is 226 Å². The minimum atomic E-state index is -2.57. The van der Waals surface area contributed by atoms with Crippen LogP contribution in [-0.2, 0) is 57.1 Å². The van der Waals surface area contributed by atoms with E-state index in [1.54, 1.807) is 57.2 Å². The number of halogens is 4. The lowest BCUT2D eigenvalue weighted by atomic mass is 9.45. The maximum absolute atomic E-state index is 17.3. The molecule has 2 saturated carbocycles. The molecule has 21 heteroatoms. The van der Waals surface area contributed by atoms with E-state index < -0.39 is 148 Å². The third kappa shape index (κ3) is 10.6. The molecule has 4 aliphatic rings. The van der Waals surface area contributed by atoms with E-state index in [1.807, 2.05) is 0 Å². The number of rotatable bonds is 11. The number of benzene rings is 2. The summed E-state index contributed by atoms with van der Waals surface area (Å²) in [6.45, 7) is 11.2. The van der Waals surface area contributed by atoms with Gasteiger partial charge in [0.05, 0.1) is 23.5 Å². The Labute approximate surface area is 412 Å². The number of fused-ring (bicyclic) bond motifs is 5. The number of alkyl carbamates (subject to hydrolysis) is 1. The fourth-order valence-corrected chi connectivity index (χ4v) is 10.3. The van der Waals surface area contributed by atoms with Gasteiger partial charge >= 0.3 is 36.1 Å². The monoisotopic (exact) mass is 1030 g/mol. The zero-order chi connectivity index (χ0) is 51.2. The van der Waals surface area contributed by atoms with Crippen molar-refractivity contribution in [3.8, 4) is 0 Å². The van der Waals surface area contributed by atoms with Crippen molar-refractivity contribution in [1.82, 2.24) is 5.32 Å². The van der Waals surface area contributed by atoms with E-state index in [1.165, 1.54) is 52.0 Å². The summed E-state index contributed by atoms with van der Waals surface area (Å²) in [7, 11) is 0. The van der Waals surface area contributed by atoms with E-state index in [2.05, 4.69) is 5.32 Å². The molecular formula is C48H55Cl3FNO16.